The zero-order valence-electron chi connectivity index (χ0n) is 14.3. The van der Waals surface area contributed by atoms with Gasteiger partial charge in [0.2, 0.25) is 0 Å². The van der Waals surface area contributed by atoms with Crippen molar-refractivity contribution in [2.75, 3.05) is 0 Å². The molecule has 0 aliphatic heterocycles. The zero-order valence-corrected chi connectivity index (χ0v) is 14.3. The summed E-state index contributed by atoms with van der Waals surface area (Å²) in [5.74, 6) is 2.98. The van der Waals surface area contributed by atoms with Gasteiger partial charge in [-0.05, 0) is 91.9 Å². The molecule has 24 heavy (non-hydrogen) atoms. The van der Waals surface area contributed by atoms with Crippen LogP contribution in [0.2, 0.25) is 0 Å². The topological polar surface area (TPSA) is 13.1 Å². The predicted octanol–water partition coefficient (Wildman–Crippen LogP) is 6.36. The molecule has 1 heterocycles. The Hall–Kier alpha value is -1.76. The third-order valence-corrected chi connectivity index (χ3v) is 7.31. The first kappa shape index (κ1) is 13.5. The van der Waals surface area contributed by atoms with Crippen molar-refractivity contribution in [2.45, 2.75) is 50.9 Å². The number of hydrogen-bond acceptors (Lipinski definition) is 1. The molecule has 4 saturated carbocycles. The Morgan fingerprint density at radius 2 is 1.54 bits per heavy atom. The molecule has 0 amide bonds. The number of rotatable bonds is 1. The van der Waals surface area contributed by atoms with E-state index < -0.39 is 0 Å². The Bertz CT molecular complexity index is 925. The van der Waals surface area contributed by atoms with Crippen LogP contribution in [0.15, 0.2) is 40.8 Å². The first-order chi connectivity index (χ1) is 11.7. The van der Waals surface area contributed by atoms with Gasteiger partial charge in [0.05, 0.1) is 0 Å². The van der Waals surface area contributed by atoms with Crippen molar-refractivity contribution in [2.24, 2.45) is 17.8 Å². The van der Waals surface area contributed by atoms with Gasteiger partial charge in [-0.3, -0.25) is 0 Å². The minimum absolute atomic E-state index is 0.464. The standard InChI is InChI=1S/C23H24O/c1-14-6-18(10-20-19-4-2-3-5-21(19)24-22(14)20)23-11-15-7-16(12-23)9-17(8-15)13-23/h2-6,10,15-17H,7-9,11-13H2,1H3. The van der Waals surface area contributed by atoms with Crippen LogP contribution in [0.3, 0.4) is 0 Å². The minimum atomic E-state index is 0.464. The summed E-state index contributed by atoms with van der Waals surface area (Å²) in [7, 11) is 0. The first-order valence-corrected chi connectivity index (χ1v) is 9.63. The molecule has 0 saturated heterocycles. The first-order valence-electron chi connectivity index (χ1n) is 9.63. The Morgan fingerprint density at radius 1 is 0.875 bits per heavy atom. The predicted molar refractivity (Wildman–Crippen MR) is 98.3 cm³/mol. The van der Waals surface area contributed by atoms with Crippen molar-refractivity contribution >= 4 is 21.9 Å². The third kappa shape index (κ3) is 1.71. The van der Waals surface area contributed by atoms with Gasteiger partial charge in [-0.1, -0.05) is 24.3 Å². The highest BCUT2D eigenvalue weighted by Crippen LogP contribution is 2.61. The van der Waals surface area contributed by atoms with Crippen molar-refractivity contribution in [3.8, 4) is 0 Å². The van der Waals surface area contributed by atoms with E-state index in [1.54, 1.807) is 5.56 Å². The van der Waals surface area contributed by atoms with Crippen molar-refractivity contribution in [3.05, 3.63) is 47.5 Å². The van der Waals surface area contributed by atoms with Crippen LogP contribution in [-0.4, -0.2) is 0 Å². The molecule has 0 radical (unpaired) electrons. The Balaban J connectivity index is 1.59. The lowest BCUT2D eigenvalue weighted by molar-refractivity contribution is -0.00515. The molecule has 7 rings (SSSR count). The average Bonchev–Trinajstić information content (AvgIpc) is 2.93. The fourth-order valence-electron chi connectivity index (χ4n) is 6.77. The molecule has 2 aromatic carbocycles. The van der Waals surface area contributed by atoms with E-state index in [-0.39, 0.29) is 0 Å². The van der Waals surface area contributed by atoms with E-state index in [0.717, 1.165) is 28.9 Å². The largest absolute Gasteiger partial charge is 0.456 e. The molecular formula is C23H24O. The summed E-state index contributed by atoms with van der Waals surface area (Å²) in [6.45, 7) is 2.23. The molecule has 4 aliphatic carbocycles. The highest BCUT2D eigenvalue weighted by molar-refractivity contribution is 6.06. The SMILES string of the molecule is Cc1cc(C23CC4CC(CC(C4)C2)C3)cc2c1oc1ccccc12. The van der Waals surface area contributed by atoms with E-state index in [0.29, 0.717) is 5.41 Å². The quantitative estimate of drug-likeness (QED) is 0.509. The van der Waals surface area contributed by atoms with E-state index in [1.807, 2.05) is 0 Å². The number of benzene rings is 2. The van der Waals surface area contributed by atoms with Crippen LogP contribution in [0.4, 0.5) is 0 Å². The maximum atomic E-state index is 6.16. The van der Waals surface area contributed by atoms with Crippen molar-refractivity contribution < 1.29 is 4.42 Å². The summed E-state index contributed by atoms with van der Waals surface area (Å²) in [5, 5.41) is 2.61. The van der Waals surface area contributed by atoms with Gasteiger partial charge >= 0.3 is 0 Å². The molecule has 3 aromatic rings. The van der Waals surface area contributed by atoms with E-state index >= 15 is 0 Å². The lowest BCUT2D eigenvalue weighted by atomic mass is 9.48. The van der Waals surface area contributed by atoms with Gasteiger partial charge in [0.25, 0.3) is 0 Å². The van der Waals surface area contributed by atoms with Gasteiger partial charge in [-0.2, -0.15) is 0 Å². The minimum Gasteiger partial charge on any atom is -0.456 e. The summed E-state index contributed by atoms with van der Waals surface area (Å²) >= 11 is 0. The number of hydrogen-bond donors (Lipinski definition) is 0. The number of para-hydroxylation sites is 1. The summed E-state index contributed by atoms with van der Waals surface area (Å²) in [4.78, 5) is 0. The molecule has 1 nitrogen and oxygen atoms in total. The van der Waals surface area contributed by atoms with Crippen molar-refractivity contribution in [1.29, 1.82) is 0 Å². The van der Waals surface area contributed by atoms with Crippen LogP contribution in [0.5, 0.6) is 0 Å². The maximum absolute atomic E-state index is 6.16. The number of fused-ring (bicyclic) bond motifs is 3. The highest BCUT2D eigenvalue weighted by Gasteiger charge is 2.51. The maximum Gasteiger partial charge on any atom is 0.138 e. The number of furan rings is 1. The molecule has 0 N–H and O–H groups in total. The third-order valence-electron chi connectivity index (χ3n) is 7.31. The molecular weight excluding hydrogens is 292 g/mol. The molecule has 1 aromatic heterocycles. The molecule has 4 fully saturated rings. The monoisotopic (exact) mass is 316 g/mol. The zero-order chi connectivity index (χ0) is 15.9. The Kier molecular flexibility index (Phi) is 2.50. The average molecular weight is 316 g/mol. The summed E-state index contributed by atoms with van der Waals surface area (Å²) < 4.78 is 6.16. The van der Waals surface area contributed by atoms with Crippen LogP contribution in [0, 0.1) is 24.7 Å². The van der Waals surface area contributed by atoms with Gasteiger partial charge in [0.15, 0.2) is 0 Å². The normalized spacial score (nSPS) is 34.5. The molecule has 1 heteroatoms. The second-order valence-corrected chi connectivity index (χ2v) is 8.97. The van der Waals surface area contributed by atoms with Crippen LogP contribution in [-0.2, 0) is 5.41 Å². The second-order valence-electron chi connectivity index (χ2n) is 8.97. The van der Waals surface area contributed by atoms with Gasteiger partial charge in [-0.15, -0.1) is 0 Å². The van der Waals surface area contributed by atoms with E-state index in [2.05, 4.69) is 43.3 Å². The summed E-state index contributed by atoms with van der Waals surface area (Å²) in [5.41, 5.74) is 5.50. The summed E-state index contributed by atoms with van der Waals surface area (Å²) in [6, 6.07) is 13.5. The Morgan fingerprint density at radius 3 is 2.25 bits per heavy atom. The van der Waals surface area contributed by atoms with Crippen LogP contribution in [0.25, 0.3) is 21.9 Å². The highest BCUT2D eigenvalue weighted by atomic mass is 16.3. The summed E-state index contributed by atoms with van der Waals surface area (Å²) in [6.07, 6.45) is 8.82. The molecule has 0 unspecified atom stereocenters. The van der Waals surface area contributed by atoms with Gasteiger partial charge in [0, 0.05) is 10.8 Å². The van der Waals surface area contributed by atoms with Crippen molar-refractivity contribution in [1.82, 2.24) is 0 Å². The van der Waals surface area contributed by atoms with Crippen LogP contribution >= 0.6 is 0 Å². The smallest absolute Gasteiger partial charge is 0.138 e. The van der Waals surface area contributed by atoms with Crippen LogP contribution in [0.1, 0.15) is 49.7 Å². The molecule has 0 spiro atoms. The Labute approximate surface area is 143 Å². The van der Waals surface area contributed by atoms with Crippen molar-refractivity contribution in [3.63, 3.8) is 0 Å². The van der Waals surface area contributed by atoms with E-state index in [4.69, 9.17) is 4.42 Å². The van der Waals surface area contributed by atoms with Gasteiger partial charge in [0.1, 0.15) is 11.2 Å². The molecule has 0 atom stereocenters. The van der Waals surface area contributed by atoms with Gasteiger partial charge < -0.3 is 4.42 Å². The van der Waals surface area contributed by atoms with Gasteiger partial charge in [-0.25, -0.2) is 0 Å². The van der Waals surface area contributed by atoms with Crippen LogP contribution < -0.4 is 0 Å². The number of aryl methyl sites for hydroxylation is 1. The second kappa shape index (κ2) is 4.45. The lowest BCUT2D eigenvalue weighted by Crippen LogP contribution is -2.48. The fourth-order valence-corrected chi connectivity index (χ4v) is 6.77. The van der Waals surface area contributed by atoms with E-state index in [1.165, 1.54) is 54.9 Å². The molecule has 122 valence electrons. The molecule has 4 bridgehead atoms. The fraction of sp³-hybridized carbons (Fsp3) is 0.478. The molecule has 4 aliphatic rings. The van der Waals surface area contributed by atoms with E-state index in [9.17, 15) is 0 Å². The lowest BCUT2D eigenvalue weighted by Gasteiger charge is -2.57.